The van der Waals surface area contributed by atoms with Crippen molar-refractivity contribution in [1.29, 1.82) is 0 Å². The minimum Gasteiger partial charge on any atom is -0.383 e. The second-order valence-electron chi connectivity index (χ2n) is 7.58. The van der Waals surface area contributed by atoms with Crippen LogP contribution in [-0.2, 0) is 6.18 Å². The highest BCUT2D eigenvalue weighted by Gasteiger charge is 2.58. The van der Waals surface area contributed by atoms with Crippen molar-refractivity contribution >= 4 is 5.82 Å². The number of aliphatic hydroxyl groups is 1. The van der Waals surface area contributed by atoms with Crippen LogP contribution in [0, 0.1) is 5.92 Å². The third-order valence-corrected chi connectivity index (χ3v) is 5.57. The molecule has 2 atom stereocenters. The SMILES string of the molecule is Nc1ncc(-c2cn(C3CC4(F)CC3C4)c(C(O)C(F)(F)F)n2)cc1C(F)(F)F. The molecule has 2 heterocycles. The van der Waals surface area contributed by atoms with Crippen LogP contribution in [-0.4, -0.2) is 31.5 Å². The predicted molar refractivity (Wildman–Crippen MR) is 86.1 cm³/mol. The Morgan fingerprint density at radius 2 is 1.83 bits per heavy atom. The molecule has 0 saturated heterocycles. The molecule has 0 aromatic carbocycles. The predicted octanol–water partition coefficient (Wildman–Crippen LogP) is 4.20. The zero-order valence-electron chi connectivity index (χ0n) is 14.6. The lowest BCUT2D eigenvalue weighted by atomic mass is 9.81. The topological polar surface area (TPSA) is 77.0 Å². The monoisotopic (exact) mass is 424 g/mol. The number of pyridine rings is 1. The van der Waals surface area contributed by atoms with E-state index in [4.69, 9.17) is 5.73 Å². The van der Waals surface area contributed by atoms with Crippen LogP contribution in [0.3, 0.4) is 0 Å². The molecule has 2 bridgehead atoms. The average molecular weight is 424 g/mol. The summed E-state index contributed by atoms with van der Waals surface area (Å²) in [7, 11) is 0. The fraction of sp³-hybridized carbons (Fsp3) is 0.529. The maximum absolute atomic E-state index is 14.3. The van der Waals surface area contributed by atoms with Crippen molar-refractivity contribution in [3.63, 3.8) is 0 Å². The Kier molecular flexibility index (Phi) is 4.17. The van der Waals surface area contributed by atoms with Gasteiger partial charge in [-0.25, -0.2) is 14.4 Å². The first kappa shape index (κ1) is 19.9. The molecule has 3 aliphatic rings. The maximum atomic E-state index is 14.3. The van der Waals surface area contributed by atoms with Crippen LogP contribution in [0.4, 0.5) is 36.6 Å². The molecular weight excluding hydrogens is 409 g/mol. The summed E-state index contributed by atoms with van der Waals surface area (Å²) in [6, 6.07) is -0.0404. The van der Waals surface area contributed by atoms with Crippen LogP contribution in [0.1, 0.15) is 42.8 Å². The van der Waals surface area contributed by atoms with E-state index in [-0.39, 0.29) is 36.4 Å². The molecule has 3 N–H and O–H groups in total. The summed E-state index contributed by atoms with van der Waals surface area (Å²) < 4.78 is 93.9. The third kappa shape index (κ3) is 3.32. The van der Waals surface area contributed by atoms with Gasteiger partial charge in [-0.3, -0.25) is 0 Å². The molecule has 0 amide bonds. The number of nitrogen functional groups attached to an aromatic ring is 1. The summed E-state index contributed by atoms with van der Waals surface area (Å²) in [5.74, 6) is -1.80. The van der Waals surface area contributed by atoms with Crippen LogP contribution in [0.5, 0.6) is 0 Å². The van der Waals surface area contributed by atoms with Gasteiger partial charge in [-0.2, -0.15) is 26.3 Å². The van der Waals surface area contributed by atoms with Gasteiger partial charge in [-0.05, 0) is 24.8 Å². The van der Waals surface area contributed by atoms with Crippen LogP contribution in [0.15, 0.2) is 18.5 Å². The third-order valence-electron chi connectivity index (χ3n) is 5.57. The van der Waals surface area contributed by atoms with Gasteiger partial charge in [0, 0.05) is 30.4 Å². The van der Waals surface area contributed by atoms with Gasteiger partial charge in [-0.1, -0.05) is 0 Å². The zero-order valence-corrected chi connectivity index (χ0v) is 14.6. The van der Waals surface area contributed by atoms with Crippen molar-refractivity contribution in [1.82, 2.24) is 14.5 Å². The molecule has 0 radical (unpaired) electrons. The number of nitrogens with two attached hydrogens (primary N) is 1. The molecular formula is C17H15F7N4O. The first-order valence-electron chi connectivity index (χ1n) is 8.64. The summed E-state index contributed by atoms with van der Waals surface area (Å²) in [4.78, 5) is 7.19. The van der Waals surface area contributed by atoms with Gasteiger partial charge < -0.3 is 15.4 Å². The fourth-order valence-electron chi connectivity index (χ4n) is 4.19. The molecule has 0 spiro atoms. The maximum Gasteiger partial charge on any atom is 0.421 e. The van der Waals surface area contributed by atoms with Crippen LogP contribution >= 0.6 is 0 Å². The molecule has 3 aliphatic carbocycles. The number of alkyl halides is 7. The highest BCUT2D eigenvalue weighted by atomic mass is 19.4. The van der Waals surface area contributed by atoms with E-state index in [1.165, 1.54) is 0 Å². The number of anilines is 1. The van der Waals surface area contributed by atoms with E-state index >= 15 is 0 Å². The van der Waals surface area contributed by atoms with Gasteiger partial charge in [-0.15, -0.1) is 0 Å². The largest absolute Gasteiger partial charge is 0.421 e. The molecule has 5 nitrogen and oxygen atoms in total. The quantitative estimate of drug-likeness (QED) is 0.724. The average Bonchev–Trinajstić information content (AvgIpc) is 3.22. The highest BCUT2D eigenvalue weighted by molar-refractivity contribution is 5.62. The van der Waals surface area contributed by atoms with Gasteiger partial charge in [0.05, 0.1) is 11.3 Å². The second kappa shape index (κ2) is 6.07. The lowest BCUT2D eigenvalue weighted by molar-refractivity contribution is -0.210. The van der Waals surface area contributed by atoms with Gasteiger partial charge in [0.1, 0.15) is 17.3 Å². The smallest absolute Gasteiger partial charge is 0.383 e. The van der Waals surface area contributed by atoms with Gasteiger partial charge in [0.2, 0.25) is 6.10 Å². The number of imidazole rings is 1. The van der Waals surface area contributed by atoms with Crippen molar-refractivity contribution in [3.05, 3.63) is 29.8 Å². The molecule has 2 aromatic rings. The Bertz CT molecular complexity index is 946. The van der Waals surface area contributed by atoms with Gasteiger partial charge in [0.25, 0.3) is 0 Å². The van der Waals surface area contributed by atoms with Crippen LogP contribution in [0.2, 0.25) is 0 Å². The summed E-state index contributed by atoms with van der Waals surface area (Å²) in [6.07, 6.45) is -10.4. The van der Waals surface area contributed by atoms with Crippen molar-refractivity contribution in [2.75, 3.05) is 5.73 Å². The lowest BCUT2D eigenvalue weighted by Crippen LogP contribution is -2.30. The Balaban J connectivity index is 1.80. The number of rotatable bonds is 3. The minimum atomic E-state index is -5.05. The van der Waals surface area contributed by atoms with E-state index in [9.17, 15) is 35.8 Å². The molecule has 0 aliphatic heterocycles. The Hall–Kier alpha value is -2.37. The molecule has 3 fully saturated rings. The summed E-state index contributed by atoms with van der Waals surface area (Å²) in [6.45, 7) is 0. The van der Waals surface area contributed by atoms with Gasteiger partial charge >= 0.3 is 12.4 Å². The summed E-state index contributed by atoms with van der Waals surface area (Å²) in [5, 5.41) is 9.73. The molecule has 12 heteroatoms. The van der Waals surface area contributed by atoms with E-state index in [0.717, 1.165) is 17.0 Å². The molecule has 3 saturated carbocycles. The first-order chi connectivity index (χ1) is 13.3. The second-order valence-corrected chi connectivity index (χ2v) is 7.58. The van der Waals surface area contributed by atoms with Crippen molar-refractivity contribution in [3.8, 4) is 11.3 Å². The number of hydrogen-bond acceptors (Lipinski definition) is 4. The molecule has 2 aromatic heterocycles. The number of aliphatic hydroxyl groups excluding tert-OH is 1. The number of aromatic nitrogens is 3. The van der Waals surface area contributed by atoms with Crippen LogP contribution in [0.25, 0.3) is 11.3 Å². The Labute approximate surface area is 159 Å². The molecule has 2 unspecified atom stereocenters. The zero-order chi connectivity index (χ0) is 21.4. The van der Waals surface area contributed by atoms with Gasteiger partial charge in [0.15, 0.2) is 0 Å². The number of fused-ring (bicyclic) bond motifs is 1. The number of halogens is 7. The summed E-state index contributed by atoms with van der Waals surface area (Å²) >= 11 is 0. The Morgan fingerprint density at radius 1 is 1.17 bits per heavy atom. The van der Waals surface area contributed by atoms with E-state index in [2.05, 4.69) is 9.97 Å². The van der Waals surface area contributed by atoms with Crippen molar-refractivity contribution in [2.45, 2.75) is 49.4 Å². The van der Waals surface area contributed by atoms with E-state index < -0.39 is 47.4 Å². The normalized spacial score (nSPS) is 27.7. The molecule has 158 valence electrons. The molecule has 29 heavy (non-hydrogen) atoms. The fourth-order valence-corrected chi connectivity index (χ4v) is 4.19. The van der Waals surface area contributed by atoms with E-state index in [0.29, 0.717) is 6.07 Å². The Morgan fingerprint density at radius 3 is 2.34 bits per heavy atom. The number of hydrogen-bond donors (Lipinski definition) is 2. The van der Waals surface area contributed by atoms with E-state index in [1.807, 2.05) is 0 Å². The van der Waals surface area contributed by atoms with Crippen molar-refractivity contribution < 1.29 is 35.8 Å². The summed E-state index contributed by atoms with van der Waals surface area (Å²) in [5.41, 5.74) is 2.05. The molecule has 5 rings (SSSR count). The lowest BCUT2D eigenvalue weighted by Gasteiger charge is -2.30. The standard InChI is InChI=1S/C17H15F7N4O/c18-15-2-8(3-15)11(4-15)28-6-10(27-14(28)12(29)17(22,23)24)7-1-9(16(19,20)21)13(25)26-5-7/h1,5-6,8,11-12,29H,2-4H2,(H2,25,26). The van der Waals surface area contributed by atoms with E-state index in [1.54, 1.807) is 0 Å². The minimum absolute atomic E-state index is 0.0428. The number of nitrogens with zero attached hydrogens (tertiary/aromatic N) is 3. The highest BCUT2D eigenvalue weighted by Crippen LogP contribution is 2.60. The van der Waals surface area contributed by atoms with Crippen molar-refractivity contribution in [2.24, 2.45) is 5.92 Å². The van der Waals surface area contributed by atoms with Crippen LogP contribution < -0.4 is 5.73 Å². The first-order valence-corrected chi connectivity index (χ1v) is 8.64.